The molecule has 1 aliphatic heterocycles. The van der Waals surface area contributed by atoms with Crippen molar-refractivity contribution in [1.29, 1.82) is 0 Å². The van der Waals surface area contributed by atoms with Crippen molar-refractivity contribution in [2.45, 2.75) is 25.9 Å². The summed E-state index contributed by atoms with van der Waals surface area (Å²) in [5.74, 6) is 0. The van der Waals surface area contributed by atoms with Gasteiger partial charge in [-0.3, -0.25) is 0 Å². The Balaban J connectivity index is 2.23. The largest absolute Gasteiger partial charge is 0.333 e. The first-order valence-corrected chi connectivity index (χ1v) is 3.13. The van der Waals surface area contributed by atoms with Crippen LogP contribution in [0.2, 0.25) is 0 Å². The smallest absolute Gasteiger partial charge is 0.271 e. The Hall–Kier alpha value is -0.120. The molecule has 1 fully saturated rings. The second-order valence-corrected chi connectivity index (χ2v) is 2.13. The van der Waals surface area contributed by atoms with E-state index in [2.05, 4.69) is 0 Å². The van der Waals surface area contributed by atoms with Gasteiger partial charge >= 0.3 is 0 Å². The van der Waals surface area contributed by atoms with Gasteiger partial charge in [0.1, 0.15) is 0 Å². The second-order valence-electron chi connectivity index (χ2n) is 2.13. The zero-order valence-corrected chi connectivity index (χ0v) is 5.79. The van der Waals surface area contributed by atoms with E-state index in [1.165, 1.54) is 0 Å². The Kier molecular flexibility index (Phi) is 2.45. The average molecular weight is 132 g/mol. The normalized spacial score (nSPS) is 36.7. The van der Waals surface area contributed by atoms with Gasteiger partial charge in [0.25, 0.3) is 6.48 Å². The molecule has 0 aromatic heterocycles. The Labute approximate surface area is 54.9 Å². The quantitative estimate of drug-likeness (QED) is 0.526. The Morgan fingerprint density at radius 2 is 2.33 bits per heavy atom. The first kappa shape index (κ1) is 6.99. The Morgan fingerprint density at radius 1 is 1.56 bits per heavy atom. The Morgan fingerprint density at radius 3 is 2.78 bits per heavy atom. The van der Waals surface area contributed by atoms with Crippen molar-refractivity contribution >= 4 is 0 Å². The van der Waals surface area contributed by atoms with Crippen LogP contribution in [-0.2, 0) is 14.2 Å². The molecule has 2 atom stereocenters. The molecule has 0 aromatic rings. The van der Waals surface area contributed by atoms with Gasteiger partial charge in [-0.15, -0.1) is 0 Å². The number of rotatable bonds is 1. The number of ether oxygens (including phenoxy) is 3. The molecule has 0 saturated carbocycles. The van der Waals surface area contributed by atoms with Crippen molar-refractivity contribution in [3.05, 3.63) is 0 Å². The van der Waals surface area contributed by atoms with Crippen molar-refractivity contribution < 1.29 is 14.2 Å². The van der Waals surface area contributed by atoms with Gasteiger partial charge in [0.05, 0.1) is 12.7 Å². The van der Waals surface area contributed by atoms with Crippen molar-refractivity contribution in [1.82, 2.24) is 0 Å². The first-order chi connectivity index (χ1) is 4.33. The minimum Gasteiger partial charge on any atom is -0.333 e. The molecule has 0 aromatic carbocycles. The summed E-state index contributed by atoms with van der Waals surface area (Å²) in [6.07, 6.45) is 1.23. The van der Waals surface area contributed by atoms with Gasteiger partial charge in [-0.2, -0.15) is 0 Å². The van der Waals surface area contributed by atoms with Crippen LogP contribution >= 0.6 is 0 Å². The molecule has 9 heavy (non-hydrogen) atoms. The van der Waals surface area contributed by atoms with E-state index in [-0.39, 0.29) is 6.10 Å². The zero-order chi connectivity index (χ0) is 6.69. The molecule has 1 saturated heterocycles. The highest BCUT2D eigenvalue weighted by molar-refractivity contribution is 4.52. The molecular formula is C6H12O3. The van der Waals surface area contributed by atoms with E-state index in [0.717, 1.165) is 13.0 Å². The van der Waals surface area contributed by atoms with Gasteiger partial charge in [0.2, 0.25) is 0 Å². The number of hydrogen-bond donors (Lipinski definition) is 0. The van der Waals surface area contributed by atoms with E-state index < -0.39 is 6.48 Å². The van der Waals surface area contributed by atoms with Crippen molar-refractivity contribution in [3.8, 4) is 0 Å². The highest BCUT2D eigenvalue weighted by Crippen LogP contribution is 2.11. The molecule has 3 nitrogen and oxygen atoms in total. The average Bonchev–Trinajstić information content (AvgIpc) is 1.88. The lowest BCUT2D eigenvalue weighted by atomic mass is 10.3. The van der Waals surface area contributed by atoms with E-state index in [9.17, 15) is 0 Å². The topological polar surface area (TPSA) is 27.7 Å². The van der Waals surface area contributed by atoms with E-state index in [0.29, 0.717) is 0 Å². The molecule has 0 aliphatic carbocycles. The third-order valence-electron chi connectivity index (χ3n) is 1.31. The fourth-order valence-corrected chi connectivity index (χ4v) is 0.751. The van der Waals surface area contributed by atoms with Gasteiger partial charge in [0.15, 0.2) is 0 Å². The highest BCUT2D eigenvalue weighted by atomic mass is 16.8. The summed E-state index contributed by atoms with van der Waals surface area (Å²) in [4.78, 5) is 0. The third-order valence-corrected chi connectivity index (χ3v) is 1.31. The third kappa shape index (κ3) is 1.93. The zero-order valence-electron chi connectivity index (χ0n) is 5.79. The van der Waals surface area contributed by atoms with Gasteiger partial charge < -0.3 is 14.2 Å². The number of hydrogen-bond acceptors (Lipinski definition) is 3. The second kappa shape index (κ2) is 3.15. The lowest BCUT2D eigenvalue weighted by Crippen LogP contribution is -2.31. The fourth-order valence-electron chi connectivity index (χ4n) is 0.751. The molecule has 0 bridgehead atoms. The van der Waals surface area contributed by atoms with E-state index in [4.69, 9.17) is 14.2 Å². The minimum absolute atomic E-state index is 0.267. The van der Waals surface area contributed by atoms with Crippen LogP contribution in [0.1, 0.15) is 13.3 Å². The summed E-state index contributed by atoms with van der Waals surface area (Å²) in [7, 11) is 1.57. The van der Waals surface area contributed by atoms with Crippen LogP contribution in [-0.4, -0.2) is 26.3 Å². The van der Waals surface area contributed by atoms with Crippen LogP contribution in [0.15, 0.2) is 0 Å². The fraction of sp³-hybridized carbons (Fsp3) is 1.00. The molecule has 0 amide bonds. The van der Waals surface area contributed by atoms with Crippen LogP contribution in [0.25, 0.3) is 0 Å². The van der Waals surface area contributed by atoms with Crippen LogP contribution in [0.5, 0.6) is 0 Å². The molecule has 1 rings (SSSR count). The minimum atomic E-state index is -0.436. The van der Waals surface area contributed by atoms with Crippen molar-refractivity contribution in [2.75, 3.05) is 13.7 Å². The summed E-state index contributed by atoms with van der Waals surface area (Å²) in [5.41, 5.74) is 0. The maximum Gasteiger partial charge on any atom is 0.271 e. The maximum absolute atomic E-state index is 5.19. The van der Waals surface area contributed by atoms with Gasteiger partial charge in [-0.25, -0.2) is 0 Å². The van der Waals surface area contributed by atoms with Crippen molar-refractivity contribution in [2.24, 2.45) is 0 Å². The summed E-state index contributed by atoms with van der Waals surface area (Å²) in [6.45, 7) is 2.31. The molecule has 2 unspecified atom stereocenters. The SMILES string of the molecule is COC1OCCC(C)O1. The Bertz CT molecular complexity index is 84.4. The van der Waals surface area contributed by atoms with E-state index in [1.54, 1.807) is 7.11 Å². The lowest BCUT2D eigenvalue weighted by molar-refractivity contribution is -0.318. The predicted molar refractivity (Wildman–Crippen MR) is 31.9 cm³/mol. The molecule has 1 aliphatic rings. The summed E-state index contributed by atoms with van der Waals surface area (Å²) in [6, 6.07) is 0. The maximum atomic E-state index is 5.19. The molecule has 0 radical (unpaired) electrons. The summed E-state index contributed by atoms with van der Waals surface area (Å²) >= 11 is 0. The summed E-state index contributed by atoms with van der Waals surface area (Å²) < 4.78 is 15.1. The van der Waals surface area contributed by atoms with E-state index >= 15 is 0 Å². The molecule has 1 heterocycles. The van der Waals surface area contributed by atoms with Crippen molar-refractivity contribution in [3.63, 3.8) is 0 Å². The first-order valence-electron chi connectivity index (χ1n) is 3.13. The van der Waals surface area contributed by atoms with Crippen LogP contribution in [0.3, 0.4) is 0 Å². The van der Waals surface area contributed by atoms with Gasteiger partial charge in [-0.05, 0) is 13.3 Å². The molecule has 0 spiro atoms. The molecular weight excluding hydrogens is 120 g/mol. The molecule has 3 heteroatoms. The van der Waals surface area contributed by atoms with Gasteiger partial charge in [-0.1, -0.05) is 0 Å². The standard InChI is InChI=1S/C6H12O3/c1-5-3-4-8-6(7-2)9-5/h5-6H,3-4H2,1-2H3. The monoisotopic (exact) mass is 132 g/mol. The lowest BCUT2D eigenvalue weighted by Gasteiger charge is -2.26. The summed E-state index contributed by atoms with van der Waals surface area (Å²) in [5, 5.41) is 0. The highest BCUT2D eigenvalue weighted by Gasteiger charge is 2.17. The molecule has 0 N–H and O–H groups in total. The predicted octanol–water partition coefficient (Wildman–Crippen LogP) is 0.742. The van der Waals surface area contributed by atoms with Crippen LogP contribution in [0.4, 0.5) is 0 Å². The van der Waals surface area contributed by atoms with Crippen LogP contribution < -0.4 is 0 Å². The molecule has 54 valence electrons. The van der Waals surface area contributed by atoms with Crippen LogP contribution in [0, 0.1) is 0 Å². The van der Waals surface area contributed by atoms with Gasteiger partial charge in [0, 0.05) is 7.11 Å². The van der Waals surface area contributed by atoms with E-state index in [1.807, 2.05) is 6.92 Å². The number of methoxy groups -OCH3 is 1.